The molecule has 2 rings (SSSR count). The van der Waals surface area contributed by atoms with Crippen molar-refractivity contribution in [3.8, 4) is 0 Å². The van der Waals surface area contributed by atoms with Crippen molar-refractivity contribution in [2.75, 3.05) is 5.73 Å². The molecule has 6 N–H and O–H groups in total. The van der Waals surface area contributed by atoms with E-state index in [9.17, 15) is 0 Å². The van der Waals surface area contributed by atoms with Crippen molar-refractivity contribution in [2.24, 2.45) is 21.9 Å². The highest BCUT2D eigenvalue weighted by Gasteiger charge is 2.14. The molecule has 21 heavy (non-hydrogen) atoms. The van der Waals surface area contributed by atoms with Gasteiger partial charge in [0.1, 0.15) is 5.84 Å². The van der Waals surface area contributed by atoms with Crippen molar-refractivity contribution in [1.29, 1.82) is 0 Å². The number of thiazole rings is 1. The Labute approximate surface area is 129 Å². The molecule has 0 unspecified atom stereocenters. The molecule has 0 saturated carbocycles. The second kappa shape index (κ2) is 7.02. The van der Waals surface area contributed by atoms with E-state index in [2.05, 4.69) is 15.2 Å². The van der Waals surface area contributed by atoms with Crippen LogP contribution in [0.15, 0.2) is 32.5 Å². The molecule has 0 spiro atoms. The zero-order chi connectivity index (χ0) is 15.2. The molecule has 10 heteroatoms. The van der Waals surface area contributed by atoms with Crippen LogP contribution < -0.4 is 17.4 Å². The zero-order valence-corrected chi connectivity index (χ0v) is 12.9. The lowest BCUT2D eigenvalue weighted by atomic mass is 10.3. The molecule has 2 aromatic rings. The average molecular weight is 325 g/mol. The van der Waals surface area contributed by atoms with Crippen LogP contribution in [0, 0.1) is 0 Å². The number of oxime groups is 1. The second-order valence-corrected chi connectivity index (χ2v) is 5.59. The summed E-state index contributed by atoms with van der Waals surface area (Å²) in [6.45, 7) is 1.87. The van der Waals surface area contributed by atoms with Crippen LogP contribution in [-0.2, 0) is 11.4 Å². The van der Waals surface area contributed by atoms with E-state index in [4.69, 9.17) is 22.3 Å². The normalized spacial score (nSPS) is 12.5. The number of aromatic nitrogens is 1. The topological polar surface area (TPSA) is 128 Å². The summed E-state index contributed by atoms with van der Waals surface area (Å²) in [5.74, 6) is 12.0. The Hall–Kier alpha value is -2.17. The van der Waals surface area contributed by atoms with Gasteiger partial charge in [-0.15, -0.1) is 11.3 Å². The van der Waals surface area contributed by atoms with Crippen molar-refractivity contribution in [3.05, 3.63) is 33.5 Å². The van der Waals surface area contributed by atoms with Gasteiger partial charge in [-0.1, -0.05) is 5.16 Å². The van der Waals surface area contributed by atoms with Crippen LogP contribution in [0.2, 0.25) is 0 Å². The van der Waals surface area contributed by atoms with Gasteiger partial charge in [-0.25, -0.2) is 15.8 Å². The molecule has 112 valence electrons. The molecule has 0 aliphatic carbocycles. The lowest BCUT2D eigenvalue weighted by Crippen LogP contribution is -2.42. The van der Waals surface area contributed by atoms with Crippen molar-refractivity contribution in [2.45, 2.75) is 13.5 Å². The number of thiophene rings is 1. The van der Waals surface area contributed by atoms with Crippen molar-refractivity contribution >= 4 is 39.5 Å². The first-order valence-corrected chi connectivity index (χ1v) is 7.65. The first-order valence-electron chi connectivity index (χ1n) is 5.83. The fraction of sp³-hybridized carbons (Fsp3) is 0.182. The quantitative estimate of drug-likeness (QED) is 0.334. The number of amidine groups is 2. The minimum Gasteiger partial charge on any atom is -0.387 e. The molecule has 0 fully saturated rings. The van der Waals surface area contributed by atoms with E-state index in [1.165, 1.54) is 27.7 Å². The lowest BCUT2D eigenvalue weighted by molar-refractivity contribution is 0.125. The molecule has 0 aliphatic rings. The van der Waals surface area contributed by atoms with Gasteiger partial charge in [0.25, 0.3) is 0 Å². The summed E-state index contributed by atoms with van der Waals surface area (Å²) in [6.07, 6.45) is 0. The minimum absolute atomic E-state index is 0.202. The van der Waals surface area contributed by atoms with Gasteiger partial charge < -0.3 is 16.4 Å². The third-order valence-electron chi connectivity index (χ3n) is 2.48. The molecule has 0 saturated heterocycles. The first-order chi connectivity index (χ1) is 10.1. The summed E-state index contributed by atoms with van der Waals surface area (Å²) in [6, 6.07) is 1.87. The molecule has 0 amide bonds. The molecule has 0 radical (unpaired) electrons. The van der Waals surface area contributed by atoms with E-state index in [1.54, 1.807) is 6.92 Å². The SMILES string of the molecule is C/C(=N/N)N(N)/C(=N/OCc1csc(N)n1)c1ccsc1. The predicted octanol–water partition coefficient (Wildman–Crippen LogP) is 1.13. The summed E-state index contributed by atoms with van der Waals surface area (Å²) in [7, 11) is 0. The Kier molecular flexibility index (Phi) is 5.09. The highest BCUT2D eigenvalue weighted by Crippen LogP contribution is 2.13. The summed E-state index contributed by atoms with van der Waals surface area (Å²) in [5, 5.41) is 15.0. The Balaban J connectivity index is 2.13. The smallest absolute Gasteiger partial charge is 0.196 e. The van der Waals surface area contributed by atoms with Crippen LogP contribution in [0.5, 0.6) is 0 Å². The van der Waals surface area contributed by atoms with Crippen LogP contribution in [0.25, 0.3) is 0 Å². The molecule has 0 aromatic carbocycles. The van der Waals surface area contributed by atoms with E-state index in [0.717, 1.165) is 5.56 Å². The van der Waals surface area contributed by atoms with Gasteiger partial charge in [0.15, 0.2) is 17.6 Å². The number of anilines is 1. The van der Waals surface area contributed by atoms with Crippen LogP contribution >= 0.6 is 22.7 Å². The fourth-order valence-corrected chi connectivity index (χ4v) is 2.57. The van der Waals surface area contributed by atoms with E-state index in [1.807, 2.05) is 22.2 Å². The van der Waals surface area contributed by atoms with Gasteiger partial charge in [0.05, 0.1) is 5.69 Å². The maximum absolute atomic E-state index is 5.93. The largest absolute Gasteiger partial charge is 0.387 e. The lowest BCUT2D eigenvalue weighted by Gasteiger charge is -2.18. The van der Waals surface area contributed by atoms with Crippen LogP contribution in [0.1, 0.15) is 18.2 Å². The Morgan fingerprint density at radius 1 is 1.48 bits per heavy atom. The summed E-state index contributed by atoms with van der Waals surface area (Å²) < 4.78 is 0. The van der Waals surface area contributed by atoms with E-state index in [-0.39, 0.29) is 6.61 Å². The highest BCUT2D eigenvalue weighted by atomic mass is 32.1. The molecule has 0 bridgehead atoms. The van der Waals surface area contributed by atoms with Crippen molar-refractivity contribution < 1.29 is 4.84 Å². The molecule has 2 heterocycles. The number of nitrogens with zero attached hydrogens (tertiary/aromatic N) is 4. The summed E-state index contributed by atoms with van der Waals surface area (Å²) in [4.78, 5) is 9.38. The van der Waals surface area contributed by atoms with E-state index in [0.29, 0.717) is 22.5 Å². The van der Waals surface area contributed by atoms with Gasteiger partial charge in [-0.05, 0) is 18.4 Å². The first kappa shape index (κ1) is 15.2. The van der Waals surface area contributed by atoms with E-state index < -0.39 is 0 Å². The Morgan fingerprint density at radius 3 is 2.86 bits per heavy atom. The van der Waals surface area contributed by atoms with Crippen LogP contribution in [-0.4, -0.2) is 21.7 Å². The molecule has 2 aromatic heterocycles. The van der Waals surface area contributed by atoms with Gasteiger partial charge in [-0.2, -0.15) is 16.4 Å². The highest BCUT2D eigenvalue weighted by molar-refractivity contribution is 7.13. The third kappa shape index (κ3) is 3.90. The molecule has 0 aliphatic heterocycles. The monoisotopic (exact) mass is 325 g/mol. The maximum Gasteiger partial charge on any atom is 0.196 e. The number of rotatable bonds is 4. The van der Waals surface area contributed by atoms with Gasteiger partial charge in [0.2, 0.25) is 0 Å². The number of hydrogen-bond acceptors (Lipinski definition) is 9. The number of hydrazine groups is 1. The van der Waals surface area contributed by atoms with Gasteiger partial charge in [0, 0.05) is 16.3 Å². The second-order valence-electron chi connectivity index (χ2n) is 3.92. The minimum atomic E-state index is 0.202. The fourth-order valence-electron chi connectivity index (χ4n) is 1.39. The Bertz CT molecular complexity index is 635. The molecular weight excluding hydrogens is 310 g/mol. The summed E-state index contributed by atoms with van der Waals surface area (Å²) in [5.41, 5.74) is 7.07. The molecular formula is C11H15N7OS2. The average Bonchev–Trinajstić information content (AvgIpc) is 3.13. The summed E-state index contributed by atoms with van der Waals surface area (Å²) >= 11 is 2.87. The third-order valence-corrected chi connectivity index (χ3v) is 3.88. The molecule has 8 nitrogen and oxygen atoms in total. The van der Waals surface area contributed by atoms with Crippen LogP contribution in [0.4, 0.5) is 5.13 Å². The zero-order valence-electron chi connectivity index (χ0n) is 11.3. The molecule has 0 atom stereocenters. The van der Waals surface area contributed by atoms with Crippen LogP contribution in [0.3, 0.4) is 0 Å². The van der Waals surface area contributed by atoms with E-state index >= 15 is 0 Å². The number of nitrogen functional groups attached to an aromatic ring is 1. The van der Waals surface area contributed by atoms with Crippen molar-refractivity contribution in [1.82, 2.24) is 9.99 Å². The maximum atomic E-state index is 5.93. The number of nitrogens with two attached hydrogens (primary N) is 3. The van der Waals surface area contributed by atoms with Crippen molar-refractivity contribution in [3.63, 3.8) is 0 Å². The standard InChI is InChI=1S/C11H15N7OS2/c1-7(16-13)18(14)10(8-2-3-20-5-8)17-19-4-9-6-21-11(12)15-9/h2-3,5-6H,4,13-14H2,1H3,(H2,12,15)/b16-7-,17-10+. The number of hydrogen-bond donors (Lipinski definition) is 3. The predicted molar refractivity (Wildman–Crippen MR) is 85.5 cm³/mol. The van der Waals surface area contributed by atoms with Gasteiger partial charge in [-0.3, -0.25) is 0 Å². The number of hydrazone groups is 1. The Morgan fingerprint density at radius 2 is 2.29 bits per heavy atom. The van der Waals surface area contributed by atoms with Gasteiger partial charge >= 0.3 is 0 Å².